The van der Waals surface area contributed by atoms with Gasteiger partial charge in [0, 0.05) is 24.7 Å². The molecule has 94 valence electrons. The van der Waals surface area contributed by atoms with E-state index in [1.807, 2.05) is 12.3 Å². The van der Waals surface area contributed by atoms with Crippen molar-refractivity contribution in [3.8, 4) is 0 Å². The van der Waals surface area contributed by atoms with E-state index in [0.29, 0.717) is 0 Å². The smallest absolute Gasteiger partial charge is 0.0702 e. The van der Waals surface area contributed by atoms with Crippen molar-refractivity contribution in [2.45, 2.75) is 25.5 Å². The number of fused-ring (bicyclic) bond motifs is 1. The summed E-state index contributed by atoms with van der Waals surface area (Å²) in [5, 5.41) is 10.9. The first-order valence-electron chi connectivity index (χ1n) is 6.55. The van der Waals surface area contributed by atoms with Crippen molar-refractivity contribution in [2.75, 3.05) is 13.1 Å². The fourth-order valence-electron chi connectivity index (χ4n) is 2.66. The number of nitrogens with zero attached hydrogens (tertiary/aromatic N) is 2. The third-order valence-corrected chi connectivity index (χ3v) is 3.55. The van der Waals surface area contributed by atoms with Crippen molar-refractivity contribution >= 4 is 10.9 Å². The molecule has 1 saturated heterocycles. The lowest BCUT2D eigenvalue weighted by Gasteiger charge is -2.30. The zero-order valence-electron chi connectivity index (χ0n) is 10.4. The van der Waals surface area contributed by atoms with Gasteiger partial charge in [0.05, 0.1) is 11.6 Å². The largest absolute Gasteiger partial charge is 0.392 e. The average Bonchev–Trinajstić information content (AvgIpc) is 2.39. The van der Waals surface area contributed by atoms with E-state index in [2.05, 4.69) is 34.1 Å². The Hall–Kier alpha value is -1.45. The summed E-state index contributed by atoms with van der Waals surface area (Å²) in [6.45, 7) is 2.80. The number of β-amino-alcohol motifs (C(OH)–C–C–N with tert-alkyl or cyclic N) is 1. The zero-order chi connectivity index (χ0) is 12.4. The molecule has 0 radical (unpaired) electrons. The molecule has 1 aliphatic rings. The lowest BCUT2D eigenvalue weighted by atomic mass is 10.1. The Labute approximate surface area is 107 Å². The number of pyridine rings is 1. The summed E-state index contributed by atoms with van der Waals surface area (Å²) in [5.41, 5.74) is 2.34. The van der Waals surface area contributed by atoms with Crippen LogP contribution >= 0.6 is 0 Å². The molecule has 0 aliphatic carbocycles. The first-order valence-corrected chi connectivity index (χ1v) is 6.55. The van der Waals surface area contributed by atoms with Gasteiger partial charge in [-0.2, -0.15) is 0 Å². The highest BCUT2D eigenvalue weighted by molar-refractivity contribution is 5.78. The Morgan fingerprint density at radius 1 is 1.33 bits per heavy atom. The van der Waals surface area contributed by atoms with Crippen molar-refractivity contribution < 1.29 is 5.11 Å². The predicted molar refractivity (Wildman–Crippen MR) is 72.3 cm³/mol. The maximum atomic E-state index is 9.68. The molecule has 1 aromatic carbocycles. The molecule has 1 aliphatic heterocycles. The van der Waals surface area contributed by atoms with E-state index in [0.717, 1.165) is 38.0 Å². The van der Waals surface area contributed by atoms with Crippen LogP contribution in [0.4, 0.5) is 0 Å². The number of benzene rings is 1. The van der Waals surface area contributed by atoms with Crippen LogP contribution in [0.1, 0.15) is 18.4 Å². The molecule has 1 aromatic heterocycles. The van der Waals surface area contributed by atoms with Gasteiger partial charge in [0.15, 0.2) is 0 Å². The number of likely N-dealkylation sites (tertiary alicyclic amines) is 1. The van der Waals surface area contributed by atoms with Crippen molar-refractivity contribution in [1.29, 1.82) is 0 Å². The Morgan fingerprint density at radius 3 is 3.17 bits per heavy atom. The molecule has 0 saturated carbocycles. The minimum Gasteiger partial charge on any atom is -0.392 e. The highest BCUT2D eigenvalue weighted by Gasteiger charge is 2.17. The average molecular weight is 242 g/mol. The third-order valence-electron chi connectivity index (χ3n) is 3.55. The number of aliphatic hydroxyl groups excluding tert-OH is 1. The lowest BCUT2D eigenvalue weighted by Crippen LogP contribution is -2.37. The van der Waals surface area contributed by atoms with Crippen LogP contribution in [0.25, 0.3) is 10.9 Å². The normalized spacial score (nSPS) is 21.3. The molecule has 1 fully saturated rings. The second-order valence-electron chi connectivity index (χ2n) is 5.06. The summed E-state index contributed by atoms with van der Waals surface area (Å²) in [6.07, 6.45) is 3.71. The van der Waals surface area contributed by atoms with Crippen LogP contribution < -0.4 is 0 Å². The van der Waals surface area contributed by atoms with Crippen LogP contribution in [0.3, 0.4) is 0 Å². The molecule has 0 amide bonds. The van der Waals surface area contributed by atoms with Gasteiger partial charge in [0.25, 0.3) is 0 Å². The lowest BCUT2D eigenvalue weighted by molar-refractivity contribution is 0.0668. The summed E-state index contributed by atoms with van der Waals surface area (Å²) in [7, 11) is 0. The van der Waals surface area contributed by atoms with E-state index in [1.165, 1.54) is 10.9 Å². The van der Waals surface area contributed by atoms with Gasteiger partial charge >= 0.3 is 0 Å². The van der Waals surface area contributed by atoms with Crippen molar-refractivity contribution in [3.63, 3.8) is 0 Å². The van der Waals surface area contributed by atoms with Crippen molar-refractivity contribution in [1.82, 2.24) is 9.88 Å². The summed E-state index contributed by atoms with van der Waals surface area (Å²) in [6, 6.07) is 10.5. The van der Waals surface area contributed by atoms with Gasteiger partial charge < -0.3 is 5.11 Å². The van der Waals surface area contributed by atoms with Crippen LogP contribution in [0.15, 0.2) is 36.5 Å². The highest BCUT2D eigenvalue weighted by Crippen LogP contribution is 2.17. The predicted octanol–water partition coefficient (Wildman–Crippen LogP) is 2.19. The Bertz CT molecular complexity index is 541. The van der Waals surface area contributed by atoms with Crippen LogP contribution in [0.5, 0.6) is 0 Å². The minimum atomic E-state index is -0.152. The fourth-order valence-corrected chi connectivity index (χ4v) is 2.66. The van der Waals surface area contributed by atoms with Gasteiger partial charge in [-0.15, -0.1) is 0 Å². The van der Waals surface area contributed by atoms with E-state index >= 15 is 0 Å². The molecule has 3 heteroatoms. The molecule has 0 bridgehead atoms. The van der Waals surface area contributed by atoms with Gasteiger partial charge in [0.2, 0.25) is 0 Å². The molecular formula is C15H18N2O. The molecule has 3 rings (SSSR count). The number of aliphatic hydroxyl groups is 1. The van der Waals surface area contributed by atoms with Gasteiger partial charge in [-0.3, -0.25) is 9.88 Å². The van der Waals surface area contributed by atoms with Crippen LogP contribution in [-0.4, -0.2) is 34.2 Å². The maximum Gasteiger partial charge on any atom is 0.0702 e. The van der Waals surface area contributed by atoms with Crippen molar-refractivity contribution in [3.05, 3.63) is 42.1 Å². The van der Waals surface area contributed by atoms with E-state index in [4.69, 9.17) is 0 Å². The van der Waals surface area contributed by atoms with Gasteiger partial charge in [-0.05, 0) is 43.1 Å². The van der Waals surface area contributed by atoms with Crippen LogP contribution in [-0.2, 0) is 6.54 Å². The molecule has 2 aromatic rings. The second-order valence-corrected chi connectivity index (χ2v) is 5.06. The van der Waals surface area contributed by atoms with Crippen molar-refractivity contribution in [2.24, 2.45) is 0 Å². The Kier molecular flexibility index (Phi) is 3.26. The van der Waals surface area contributed by atoms with Crippen LogP contribution in [0, 0.1) is 0 Å². The summed E-state index contributed by atoms with van der Waals surface area (Å²) >= 11 is 0. The first-order chi connectivity index (χ1) is 8.81. The zero-order valence-corrected chi connectivity index (χ0v) is 10.4. The quantitative estimate of drug-likeness (QED) is 0.877. The SMILES string of the molecule is O[C@H]1CCCN(Cc2ccc3ncccc3c2)C1. The minimum absolute atomic E-state index is 0.152. The van der Waals surface area contributed by atoms with Crippen LogP contribution in [0.2, 0.25) is 0 Å². The summed E-state index contributed by atoms with van der Waals surface area (Å²) < 4.78 is 0. The maximum absolute atomic E-state index is 9.68. The fraction of sp³-hybridized carbons (Fsp3) is 0.400. The molecule has 1 N–H and O–H groups in total. The molecule has 3 nitrogen and oxygen atoms in total. The topological polar surface area (TPSA) is 36.4 Å². The van der Waals surface area contributed by atoms with Gasteiger partial charge in [-0.25, -0.2) is 0 Å². The third kappa shape index (κ3) is 2.52. The van der Waals surface area contributed by atoms with Gasteiger partial charge in [0.1, 0.15) is 0 Å². The number of rotatable bonds is 2. The van der Waals surface area contributed by atoms with Gasteiger partial charge in [-0.1, -0.05) is 12.1 Å². The molecular weight excluding hydrogens is 224 g/mol. The van der Waals surface area contributed by atoms with E-state index < -0.39 is 0 Å². The first kappa shape index (κ1) is 11.6. The highest BCUT2D eigenvalue weighted by atomic mass is 16.3. The number of hydrogen-bond acceptors (Lipinski definition) is 3. The van der Waals surface area contributed by atoms with E-state index in [9.17, 15) is 5.11 Å². The summed E-state index contributed by atoms with van der Waals surface area (Å²) in [4.78, 5) is 6.65. The van der Waals surface area contributed by atoms with E-state index in [1.54, 1.807) is 0 Å². The molecule has 18 heavy (non-hydrogen) atoms. The Balaban J connectivity index is 1.78. The molecule has 0 unspecified atom stereocenters. The molecule has 1 atom stereocenters. The number of hydrogen-bond donors (Lipinski definition) is 1. The van der Waals surface area contributed by atoms with E-state index in [-0.39, 0.29) is 6.10 Å². The summed E-state index contributed by atoms with van der Waals surface area (Å²) in [5.74, 6) is 0. The monoisotopic (exact) mass is 242 g/mol. The Morgan fingerprint density at radius 2 is 2.28 bits per heavy atom. The number of piperidine rings is 1. The standard InChI is InChI=1S/C15H18N2O/c18-14-4-2-8-17(11-14)10-12-5-6-15-13(9-12)3-1-7-16-15/h1,3,5-7,9,14,18H,2,4,8,10-11H2/t14-/m0/s1. The number of aromatic nitrogens is 1. The molecule has 2 heterocycles. The second kappa shape index (κ2) is 5.04. The molecule has 0 spiro atoms.